The molecule has 1 aromatic carbocycles. The van der Waals surface area contributed by atoms with Gasteiger partial charge in [-0.1, -0.05) is 12.1 Å². The summed E-state index contributed by atoms with van der Waals surface area (Å²) in [6.07, 6.45) is 2.48. The van der Waals surface area contributed by atoms with Crippen molar-refractivity contribution in [1.82, 2.24) is 4.37 Å². The minimum atomic E-state index is 0.622. The highest BCUT2D eigenvalue weighted by Crippen LogP contribution is 2.48. The van der Waals surface area contributed by atoms with Gasteiger partial charge >= 0.3 is 0 Å². The van der Waals surface area contributed by atoms with Crippen molar-refractivity contribution in [3.63, 3.8) is 0 Å². The summed E-state index contributed by atoms with van der Waals surface area (Å²) in [6, 6.07) is 8.16. The Bertz CT molecular complexity index is 607. The SMILES string of the molecule is COc1cccc(CN(C)c2snc(N)c2C2CC2)c1. The molecule has 0 atom stereocenters. The van der Waals surface area contributed by atoms with Gasteiger partial charge in [0.15, 0.2) is 0 Å². The molecule has 0 radical (unpaired) electrons. The van der Waals surface area contributed by atoms with Crippen molar-refractivity contribution in [2.45, 2.75) is 25.3 Å². The van der Waals surface area contributed by atoms with Crippen LogP contribution in [0.3, 0.4) is 0 Å². The number of nitrogens with two attached hydrogens (primary N) is 1. The largest absolute Gasteiger partial charge is 0.497 e. The molecular weight excluding hydrogens is 270 g/mol. The number of methoxy groups -OCH3 is 1. The zero-order valence-corrected chi connectivity index (χ0v) is 12.6. The molecule has 2 N–H and O–H groups in total. The first-order valence-electron chi connectivity index (χ1n) is 6.78. The molecule has 106 valence electrons. The minimum Gasteiger partial charge on any atom is -0.497 e. The Morgan fingerprint density at radius 3 is 2.95 bits per heavy atom. The Morgan fingerprint density at radius 1 is 1.45 bits per heavy atom. The number of hydrogen-bond donors (Lipinski definition) is 1. The Labute approximate surface area is 123 Å². The standard InChI is InChI=1S/C15H19N3OS/c1-18(9-10-4-3-5-12(8-10)19-2)15-13(11-6-7-11)14(16)17-20-15/h3-5,8,11H,6-7,9H2,1-2H3,(H2,16,17). The summed E-state index contributed by atoms with van der Waals surface area (Å²) >= 11 is 1.50. The monoisotopic (exact) mass is 289 g/mol. The fourth-order valence-electron chi connectivity index (χ4n) is 2.45. The van der Waals surface area contributed by atoms with Gasteiger partial charge < -0.3 is 15.4 Å². The van der Waals surface area contributed by atoms with Crippen LogP contribution in [0.1, 0.15) is 29.9 Å². The predicted octanol–water partition coefficient (Wildman–Crippen LogP) is 3.25. The minimum absolute atomic E-state index is 0.622. The molecule has 0 spiro atoms. The van der Waals surface area contributed by atoms with Crippen LogP contribution in [-0.4, -0.2) is 18.5 Å². The molecule has 0 amide bonds. The summed E-state index contributed by atoms with van der Waals surface area (Å²) in [6.45, 7) is 0.832. The van der Waals surface area contributed by atoms with Crippen LogP contribution in [0.4, 0.5) is 10.8 Å². The smallest absolute Gasteiger partial charge is 0.142 e. The van der Waals surface area contributed by atoms with Gasteiger partial charge in [-0.05, 0) is 48.0 Å². The van der Waals surface area contributed by atoms with Crippen molar-refractivity contribution >= 4 is 22.4 Å². The van der Waals surface area contributed by atoms with Crippen LogP contribution < -0.4 is 15.4 Å². The van der Waals surface area contributed by atoms with E-state index in [1.165, 1.54) is 40.5 Å². The highest BCUT2D eigenvalue weighted by molar-refractivity contribution is 7.10. The second-order valence-electron chi connectivity index (χ2n) is 5.27. The van der Waals surface area contributed by atoms with Crippen LogP contribution >= 0.6 is 11.5 Å². The maximum Gasteiger partial charge on any atom is 0.142 e. The molecule has 0 saturated heterocycles. The molecule has 1 aromatic heterocycles. The van der Waals surface area contributed by atoms with Gasteiger partial charge in [-0.2, -0.15) is 4.37 Å². The third-order valence-corrected chi connectivity index (χ3v) is 4.62. The van der Waals surface area contributed by atoms with Gasteiger partial charge in [-0.3, -0.25) is 0 Å². The quantitative estimate of drug-likeness (QED) is 0.918. The van der Waals surface area contributed by atoms with Gasteiger partial charge in [0.05, 0.1) is 7.11 Å². The maximum absolute atomic E-state index is 6.01. The van der Waals surface area contributed by atoms with Crippen LogP contribution in [0.25, 0.3) is 0 Å². The summed E-state index contributed by atoms with van der Waals surface area (Å²) in [5.41, 5.74) is 8.48. The molecule has 4 nitrogen and oxygen atoms in total. The van der Waals surface area contributed by atoms with E-state index in [-0.39, 0.29) is 0 Å². The third kappa shape index (κ3) is 2.58. The van der Waals surface area contributed by atoms with Gasteiger partial charge in [0.25, 0.3) is 0 Å². The van der Waals surface area contributed by atoms with Gasteiger partial charge in [-0.15, -0.1) is 0 Å². The fraction of sp³-hybridized carbons (Fsp3) is 0.400. The molecule has 1 aliphatic rings. The van der Waals surface area contributed by atoms with Crippen LogP contribution in [0, 0.1) is 0 Å². The number of rotatable bonds is 5. The summed E-state index contributed by atoms with van der Waals surface area (Å²) in [7, 11) is 3.79. The third-order valence-electron chi connectivity index (χ3n) is 3.62. The van der Waals surface area contributed by atoms with E-state index in [1.807, 2.05) is 12.1 Å². The second kappa shape index (κ2) is 5.32. The molecular formula is C15H19N3OS. The molecule has 1 heterocycles. The number of nitrogens with zero attached hydrogens (tertiary/aromatic N) is 2. The van der Waals surface area contributed by atoms with Crippen LogP contribution in [0.2, 0.25) is 0 Å². The average Bonchev–Trinajstić information content (AvgIpc) is 3.21. The molecule has 1 saturated carbocycles. The number of anilines is 2. The summed E-state index contributed by atoms with van der Waals surface area (Å²) in [5.74, 6) is 2.23. The van der Waals surface area contributed by atoms with Crippen molar-refractivity contribution in [2.75, 3.05) is 24.8 Å². The molecule has 0 aliphatic heterocycles. The number of nitrogen functional groups attached to an aromatic ring is 1. The molecule has 1 aliphatic carbocycles. The highest BCUT2D eigenvalue weighted by atomic mass is 32.1. The van der Waals surface area contributed by atoms with E-state index in [0.717, 1.165) is 12.3 Å². The molecule has 2 aromatic rings. The van der Waals surface area contributed by atoms with Crippen molar-refractivity contribution in [1.29, 1.82) is 0 Å². The Kier molecular flexibility index (Phi) is 3.53. The van der Waals surface area contributed by atoms with Gasteiger partial charge in [0, 0.05) is 19.2 Å². The van der Waals surface area contributed by atoms with Crippen LogP contribution in [0.15, 0.2) is 24.3 Å². The molecule has 0 unspecified atom stereocenters. The Balaban J connectivity index is 1.80. The molecule has 0 bridgehead atoms. The first kappa shape index (κ1) is 13.2. The normalized spacial score (nSPS) is 14.3. The maximum atomic E-state index is 6.01. The molecule has 5 heteroatoms. The van der Waals surface area contributed by atoms with Gasteiger partial charge in [0.1, 0.15) is 16.6 Å². The summed E-state index contributed by atoms with van der Waals surface area (Å²) < 4.78 is 9.60. The Hall–Kier alpha value is -1.75. The zero-order valence-electron chi connectivity index (χ0n) is 11.8. The van der Waals surface area contributed by atoms with E-state index in [0.29, 0.717) is 11.7 Å². The number of hydrogen-bond acceptors (Lipinski definition) is 5. The Morgan fingerprint density at radius 2 is 2.25 bits per heavy atom. The van der Waals surface area contributed by atoms with Crippen molar-refractivity contribution in [3.05, 3.63) is 35.4 Å². The van der Waals surface area contributed by atoms with Crippen molar-refractivity contribution in [3.8, 4) is 5.75 Å². The summed E-state index contributed by atoms with van der Waals surface area (Å²) in [4.78, 5) is 2.23. The van der Waals surface area contributed by atoms with E-state index in [9.17, 15) is 0 Å². The lowest BCUT2D eigenvalue weighted by Crippen LogP contribution is -2.16. The first-order valence-corrected chi connectivity index (χ1v) is 7.55. The second-order valence-corrected chi connectivity index (χ2v) is 6.02. The topological polar surface area (TPSA) is 51.4 Å². The van der Waals surface area contributed by atoms with Crippen molar-refractivity contribution < 1.29 is 4.74 Å². The fourth-order valence-corrected chi connectivity index (χ4v) is 3.30. The van der Waals surface area contributed by atoms with E-state index in [4.69, 9.17) is 10.5 Å². The van der Waals surface area contributed by atoms with Gasteiger partial charge in [0.2, 0.25) is 0 Å². The molecule has 20 heavy (non-hydrogen) atoms. The zero-order chi connectivity index (χ0) is 14.1. The summed E-state index contributed by atoms with van der Waals surface area (Å²) in [5, 5.41) is 1.20. The lowest BCUT2D eigenvalue weighted by Gasteiger charge is -2.19. The predicted molar refractivity (Wildman–Crippen MR) is 83.6 cm³/mol. The van der Waals surface area contributed by atoms with E-state index in [1.54, 1.807) is 7.11 Å². The number of aromatic nitrogens is 1. The lowest BCUT2D eigenvalue weighted by atomic mass is 10.1. The highest BCUT2D eigenvalue weighted by Gasteiger charge is 2.31. The van der Waals surface area contributed by atoms with Crippen molar-refractivity contribution in [2.24, 2.45) is 0 Å². The van der Waals surface area contributed by atoms with E-state index >= 15 is 0 Å². The average molecular weight is 289 g/mol. The van der Waals surface area contributed by atoms with Crippen LogP contribution in [-0.2, 0) is 6.54 Å². The number of benzene rings is 1. The molecule has 3 rings (SSSR count). The van der Waals surface area contributed by atoms with E-state index < -0.39 is 0 Å². The van der Waals surface area contributed by atoms with Gasteiger partial charge in [-0.25, -0.2) is 0 Å². The number of ether oxygens (including phenoxy) is 1. The first-order chi connectivity index (χ1) is 9.69. The molecule has 1 fully saturated rings. The van der Waals surface area contributed by atoms with Crippen LogP contribution in [0.5, 0.6) is 5.75 Å². The lowest BCUT2D eigenvalue weighted by molar-refractivity contribution is 0.414. The van der Waals surface area contributed by atoms with E-state index in [2.05, 4.69) is 28.5 Å².